The molecule has 7 heteroatoms. The highest BCUT2D eigenvalue weighted by molar-refractivity contribution is 7.09. The third-order valence-corrected chi connectivity index (χ3v) is 6.20. The first-order chi connectivity index (χ1) is 15.1. The minimum absolute atomic E-state index is 0.164. The molecular weight excluding hydrogens is 413 g/mol. The topological polar surface area (TPSA) is 45.7 Å². The molecule has 0 N–H and O–H groups in total. The first kappa shape index (κ1) is 21.5. The van der Waals surface area contributed by atoms with Gasteiger partial charge < -0.3 is 9.64 Å². The van der Waals surface area contributed by atoms with Crippen molar-refractivity contribution >= 4 is 17.2 Å². The number of carbonyl (C=O) groups excluding carboxylic acids is 1. The molecular formula is C24H26FN3O2S. The minimum Gasteiger partial charge on any atom is -0.494 e. The van der Waals surface area contributed by atoms with E-state index in [-0.39, 0.29) is 11.7 Å². The Morgan fingerprint density at radius 2 is 1.77 bits per heavy atom. The van der Waals surface area contributed by atoms with Crippen molar-refractivity contribution in [2.75, 3.05) is 32.8 Å². The Balaban J connectivity index is 1.26. The molecule has 0 atom stereocenters. The van der Waals surface area contributed by atoms with Crippen molar-refractivity contribution in [2.45, 2.75) is 19.9 Å². The Morgan fingerprint density at radius 3 is 2.45 bits per heavy atom. The zero-order valence-corrected chi connectivity index (χ0v) is 18.4. The summed E-state index contributed by atoms with van der Waals surface area (Å²) in [5.74, 6) is 0.753. The van der Waals surface area contributed by atoms with Crippen molar-refractivity contribution in [1.29, 1.82) is 0 Å². The predicted octanol–water partition coefficient (Wildman–Crippen LogP) is 4.23. The van der Waals surface area contributed by atoms with Crippen molar-refractivity contribution in [3.05, 3.63) is 70.3 Å². The molecule has 1 amide bonds. The maximum atomic E-state index is 13.1. The molecule has 1 aromatic heterocycles. The fourth-order valence-electron chi connectivity index (χ4n) is 3.64. The Morgan fingerprint density at radius 1 is 1.06 bits per heavy atom. The zero-order valence-electron chi connectivity index (χ0n) is 17.6. The first-order valence-corrected chi connectivity index (χ1v) is 11.4. The van der Waals surface area contributed by atoms with Crippen LogP contribution in [0.2, 0.25) is 0 Å². The lowest BCUT2D eigenvalue weighted by atomic mass is 10.1. The summed E-state index contributed by atoms with van der Waals surface area (Å²) in [5.41, 5.74) is 2.81. The zero-order chi connectivity index (χ0) is 21.6. The Hall–Kier alpha value is -2.77. The van der Waals surface area contributed by atoms with E-state index in [1.165, 1.54) is 12.1 Å². The van der Waals surface area contributed by atoms with Crippen molar-refractivity contribution in [2.24, 2.45) is 0 Å². The number of nitrogens with zero attached hydrogens (tertiary/aromatic N) is 3. The van der Waals surface area contributed by atoms with Gasteiger partial charge in [0, 0.05) is 37.1 Å². The molecule has 1 saturated heterocycles. The number of aromatic nitrogens is 1. The number of halogens is 1. The molecule has 4 rings (SSSR count). The average Bonchev–Trinajstić information content (AvgIpc) is 3.25. The number of ether oxygens (including phenoxy) is 1. The van der Waals surface area contributed by atoms with Gasteiger partial charge in [-0.05, 0) is 48.9 Å². The van der Waals surface area contributed by atoms with E-state index in [1.807, 2.05) is 41.5 Å². The maximum Gasteiger partial charge on any atom is 0.227 e. The highest BCUT2D eigenvalue weighted by Gasteiger charge is 2.22. The van der Waals surface area contributed by atoms with Gasteiger partial charge in [-0.15, -0.1) is 11.3 Å². The number of hydrogen-bond acceptors (Lipinski definition) is 5. The molecule has 0 unspecified atom stereocenters. The molecule has 1 fully saturated rings. The summed E-state index contributed by atoms with van der Waals surface area (Å²) in [4.78, 5) is 21.6. The van der Waals surface area contributed by atoms with E-state index in [9.17, 15) is 9.18 Å². The molecule has 0 bridgehead atoms. The number of rotatable bonds is 7. The normalized spacial score (nSPS) is 14.6. The van der Waals surface area contributed by atoms with Crippen LogP contribution in [0.25, 0.3) is 11.3 Å². The van der Waals surface area contributed by atoms with Crippen LogP contribution in [0.1, 0.15) is 17.5 Å². The van der Waals surface area contributed by atoms with Crippen LogP contribution in [0.4, 0.5) is 4.39 Å². The Kier molecular flexibility index (Phi) is 6.94. The van der Waals surface area contributed by atoms with Crippen LogP contribution in [0.5, 0.6) is 5.75 Å². The van der Waals surface area contributed by atoms with E-state index < -0.39 is 0 Å². The van der Waals surface area contributed by atoms with Crippen LogP contribution < -0.4 is 4.74 Å². The van der Waals surface area contributed by atoms with Crippen molar-refractivity contribution in [3.63, 3.8) is 0 Å². The lowest BCUT2D eigenvalue weighted by molar-refractivity contribution is -0.132. The summed E-state index contributed by atoms with van der Waals surface area (Å²) in [6, 6.07) is 14.2. The largest absolute Gasteiger partial charge is 0.494 e. The standard InChI is InChI=1S/C24H26FN3O2S/c1-2-30-21-9-3-18(4-10-21)15-24(29)28-13-11-27(12-14-28)16-23-26-22(17-31-23)19-5-7-20(25)8-6-19/h3-10,17H,2,11-16H2,1H3. The fourth-order valence-corrected chi connectivity index (χ4v) is 4.48. The van der Waals surface area contributed by atoms with E-state index >= 15 is 0 Å². The number of benzene rings is 2. The second-order valence-electron chi connectivity index (χ2n) is 7.54. The highest BCUT2D eigenvalue weighted by atomic mass is 32.1. The number of thiazole rings is 1. The Labute approximate surface area is 186 Å². The van der Waals surface area contributed by atoms with Crippen LogP contribution in [-0.2, 0) is 17.8 Å². The second kappa shape index (κ2) is 10.0. The second-order valence-corrected chi connectivity index (χ2v) is 8.49. The molecule has 2 aromatic carbocycles. The van der Waals surface area contributed by atoms with Gasteiger partial charge in [0.2, 0.25) is 5.91 Å². The average molecular weight is 440 g/mol. The van der Waals surface area contributed by atoms with Crippen LogP contribution in [0, 0.1) is 5.82 Å². The van der Waals surface area contributed by atoms with Gasteiger partial charge in [-0.1, -0.05) is 12.1 Å². The summed E-state index contributed by atoms with van der Waals surface area (Å²) in [6.45, 7) is 6.49. The Bertz CT molecular complexity index is 996. The molecule has 0 spiro atoms. The van der Waals surface area contributed by atoms with Gasteiger partial charge >= 0.3 is 0 Å². The van der Waals surface area contributed by atoms with E-state index in [0.29, 0.717) is 13.0 Å². The van der Waals surface area contributed by atoms with Gasteiger partial charge in [0.15, 0.2) is 0 Å². The number of carbonyl (C=O) groups is 1. The lowest BCUT2D eigenvalue weighted by Gasteiger charge is -2.34. The SMILES string of the molecule is CCOc1ccc(CC(=O)N2CCN(Cc3nc(-c4ccc(F)cc4)cs3)CC2)cc1. The highest BCUT2D eigenvalue weighted by Crippen LogP contribution is 2.23. The van der Waals surface area contributed by atoms with Gasteiger partial charge in [-0.25, -0.2) is 9.37 Å². The van der Waals surface area contributed by atoms with Gasteiger partial charge in [0.25, 0.3) is 0 Å². The lowest BCUT2D eigenvalue weighted by Crippen LogP contribution is -2.48. The summed E-state index contributed by atoms with van der Waals surface area (Å²) in [7, 11) is 0. The van der Waals surface area contributed by atoms with Crippen LogP contribution in [0.3, 0.4) is 0 Å². The van der Waals surface area contributed by atoms with Gasteiger partial charge in [-0.2, -0.15) is 0 Å². The van der Waals surface area contributed by atoms with Crippen molar-refractivity contribution in [1.82, 2.24) is 14.8 Å². The maximum absolute atomic E-state index is 13.1. The van der Waals surface area contributed by atoms with E-state index in [1.54, 1.807) is 23.5 Å². The molecule has 0 aliphatic carbocycles. The predicted molar refractivity (Wildman–Crippen MR) is 121 cm³/mol. The third kappa shape index (κ3) is 5.68. The summed E-state index contributed by atoms with van der Waals surface area (Å²) in [6.07, 6.45) is 0.417. The molecule has 1 aliphatic heterocycles. The molecule has 162 valence electrons. The first-order valence-electron chi connectivity index (χ1n) is 10.5. The third-order valence-electron chi connectivity index (χ3n) is 5.37. The number of hydrogen-bond donors (Lipinski definition) is 0. The minimum atomic E-state index is -0.242. The molecule has 0 radical (unpaired) electrons. The fraction of sp³-hybridized carbons (Fsp3) is 0.333. The summed E-state index contributed by atoms with van der Waals surface area (Å²) in [5, 5.41) is 3.05. The number of amides is 1. The summed E-state index contributed by atoms with van der Waals surface area (Å²) < 4.78 is 18.6. The molecule has 0 saturated carbocycles. The molecule has 31 heavy (non-hydrogen) atoms. The van der Waals surface area contributed by atoms with Gasteiger partial charge in [0.05, 0.1) is 25.3 Å². The van der Waals surface area contributed by atoms with Crippen molar-refractivity contribution < 1.29 is 13.9 Å². The molecule has 3 aromatic rings. The van der Waals surface area contributed by atoms with Crippen LogP contribution >= 0.6 is 11.3 Å². The number of piperazine rings is 1. The molecule has 2 heterocycles. The van der Waals surface area contributed by atoms with E-state index in [4.69, 9.17) is 9.72 Å². The quantitative estimate of drug-likeness (QED) is 0.553. The van der Waals surface area contributed by atoms with Gasteiger partial charge in [0.1, 0.15) is 16.6 Å². The smallest absolute Gasteiger partial charge is 0.227 e. The van der Waals surface area contributed by atoms with Crippen molar-refractivity contribution in [3.8, 4) is 17.0 Å². The van der Waals surface area contributed by atoms with E-state index in [0.717, 1.165) is 60.3 Å². The van der Waals surface area contributed by atoms with E-state index in [2.05, 4.69) is 4.90 Å². The van der Waals surface area contributed by atoms with Crippen LogP contribution in [0.15, 0.2) is 53.9 Å². The summed E-state index contributed by atoms with van der Waals surface area (Å²) >= 11 is 1.62. The van der Waals surface area contributed by atoms with Gasteiger partial charge in [-0.3, -0.25) is 9.69 Å². The molecule has 1 aliphatic rings. The monoisotopic (exact) mass is 439 g/mol. The van der Waals surface area contributed by atoms with Crippen LogP contribution in [-0.4, -0.2) is 53.5 Å². The molecule has 5 nitrogen and oxygen atoms in total.